The molecule has 0 aliphatic carbocycles. The van der Waals surface area contributed by atoms with E-state index in [-0.39, 0.29) is 0 Å². The van der Waals surface area contributed by atoms with E-state index in [1.54, 1.807) is 10.0 Å². The molecule has 0 aliphatic heterocycles. The largest absolute Gasteiger partial charge is 0.314 e. The van der Waals surface area contributed by atoms with Crippen molar-refractivity contribution in [3.63, 3.8) is 0 Å². The van der Waals surface area contributed by atoms with Gasteiger partial charge in [-0.25, -0.2) is 0 Å². The summed E-state index contributed by atoms with van der Waals surface area (Å²) in [5.41, 5.74) is 8.27. The van der Waals surface area contributed by atoms with Crippen molar-refractivity contribution in [3.05, 3.63) is 71.1 Å². The topological polar surface area (TPSA) is 97.0 Å². The van der Waals surface area contributed by atoms with Crippen LogP contribution in [0.25, 0.3) is 10.4 Å². The van der Waals surface area contributed by atoms with Gasteiger partial charge in [0.15, 0.2) is 0 Å². The summed E-state index contributed by atoms with van der Waals surface area (Å²) < 4.78 is 13.9. The van der Waals surface area contributed by atoms with E-state index in [4.69, 9.17) is 5.53 Å². The van der Waals surface area contributed by atoms with Crippen LogP contribution < -0.4 is 10.6 Å². The maximum Gasteiger partial charge on any atom is 0.143 e. The van der Waals surface area contributed by atoms with Gasteiger partial charge in [0.05, 0.1) is 0 Å². The number of azide groups is 1. The van der Waals surface area contributed by atoms with Gasteiger partial charge in [-0.3, -0.25) is 10.0 Å². The van der Waals surface area contributed by atoms with E-state index < -0.39 is 7.14 Å². The second-order valence-corrected chi connectivity index (χ2v) is 9.70. The highest BCUT2D eigenvalue weighted by Crippen LogP contribution is 2.43. The average molecular weight is 413 g/mol. The molecule has 8 nitrogen and oxygen atoms in total. The molecule has 0 amide bonds. The minimum atomic E-state index is -2.69. The van der Waals surface area contributed by atoms with Crippen molar-refractivity contribution < 1.29 is 4.57 Å². The number of hydrogen-bond acceptors (Lipinski definition) is 4. The molecule has 0 saturated heterocycles. The van der Waals surface area contributed by atoms with Crippen LogP contribution in [0.2, 0.25) is 0 Å². The molecule has 0 heterocycles. The Morgan fingerprint density at radius 2 is 1.34 bits per heavy atom. The predicted molar refractivity (Wildman–Crippen MR) is 118 cm³/mol. The summed E-state index contributed by atoms with van der Waals surface area (Å²) in [6.45, 7) is 1.76. The standard InChI is InChI=1S/C20H28N7OP/c1-26(16-9-15-22-23-21)24-25-27(2)17-10-18-29(28,19-11-5-3-6-12-19)20-13-7-4-8-14-20/h3-8,11-14H,9-10,15-18H2,1-2H3/b25-24+. The molecule has 0 radical (unpaired) electrons. The van der Waals surface area contributed by atoms with E-state index in [0.29, 0.717) is 25.8 Å². The molecule has 29 heavy (non-hydrogen) atoms. The summed E-state index contributed by atoms with van der Waals surface area (Å²) in [5, 5.41) is 17.0. The van der Waals surface area contributed by atoms with Crippen LogP contribution in [-0.2, 0) is 4.57 Å². The first-order chi connectivity index (χ1) is 14.1. The highest BCUT2D eigenvalue weighted by molar-refractivity contribution is 7.78. The fraction of sp³-hybridized carbons (Fsp3) is 0.400. The number of rotatable bonds is 12. The smallest absolute Gasteiger partial charge is 0.143 e. The maximum atomic E-state index is 13.9. The van der Waals surface area contributed by atoms with Crippen molar-refractivity contribution in [2.24, 2.45) is 15.6 Å². The van der Waals surface area contributed by atoms with E-state index in [9.17, 15) is 4.57 Å². The van der Waals surface area contributed by atoms with Gasteiger partial charge in [-0.2, -0.15) is 0 Å². The lowest BCUT2D eigenvalue weighted by Gasteiger charge is -2.20. The minimum absolute atomic E-state index is 0.445. The van der Waals surface area contributed by atoms with Crippen LogP contribution in [0.15, 0.2) is 76.2 Å². The molecule has 0 aliphatic rings. The summed E-state index contributed by atoms with van der Waals surface area (Å²) >= 11 is 0. The first kappa shape index (κ1) is 22.5. The lowest BCUT2D eigenvalue weighted by atomic mass is 10.4. The third kappa shape index (κ3) is 7.26. The molecule has 9 heteroatoms. The molecule has 0 fully saturated rings. The Kier molecular flexibility index (Phi) is 9.22. The van der Waals surface area contributed by atoms with Crippen LogP contribution in [0.3, 0.4) is 0 Å². The third-order valence-corrected chi connectivity index (χ3v) is 7.66. The van der Waals surface area contributed by atoms with Crippen molar-refractivity contribution in [1.82, 2.24) is 10.0 Å². The summed E-state index contributed by atoms with van der Waals surface area (Å²) in [4.78, 5) is 2.73. The molecule has 0 saturated carbocycles. The highest BCUT2D eigenvalue weighted by atomic mass is 31.2. The predicted octanol–water partition coefficient (Wildman–Crippen LogP) is 4.24. The van der Waals surface area contributed by atoms with Gasteiger partial charge in [-0.15, -0.1) is 0 Å². The van der Waals surface area contributed by atoms with Gasteiger partial charge in [0.1, 0.15) is 7.14 Å². The van der Waals surface area contributed by atoms with Crippen LogP contribution in [0.5, 0.6) is 0 Å². The molecule has 0 N–H and O–H groups in total. The van der Waals surface area contributed by atoms with Crippen LogP contribution in [0, 0.1) is 0 Å². The monoisotopic (exact) mass is 413 g/mol. The molecule has 0 spiro atoms. The van der Waals surface area contributed by atoms with E-state index in [0.717, 1.165) is 23.5 Å². The molecule has 0 aromatic heterocycles. The molecular formula is C20H28N7OP. The number of benzene rings is 2. The Hall–Kier alpha value is -2.82. The van der Waals surface area contributed by atoms with E-state index >= 15 is 0 Å². The van der Waals surface area contributed by atoms with Gasteiger partial charge in [0.2, 0.25) is 0 Å². The molecule has 2 aromatic carbocycles. The zero-order valence-electron chi connectivity index (χ0n) is 17.0. The molecular weight excluding hydrogens is 385 g/mol. The minimum Gasteiger partial charge on any atom is -0.314 e. The maximum absolute atomic E-state index is 13.9. The van der Waals surface area contributed by atoms with Crippen molar-refractivity contribution in [1.29, 1.82) is 0 Å². The van der Waals surface area contributed by atoms with Crippen molar-refractivity contribution in [3.8, 4) is 0 Å². The fourth-order valence-electron chi connectivity index (χ4n) is 2.91. The first-order valence-electron chi connectivity index (χ1n) is 9.61. The average Bonchev–Trinajstić information content (AvgIpc) is 2.76. The molecule has 0 bridgehead atoms. The molecule has 2 aromatic rings. The highest BCUT2D eigenvalue weighted by Gasteiger charge is 2.26. The van der Waals surface area contributed by atoms with Gasteiger partial charge < -0.3 is 4.57 Å². The SMILES string of the molecule is CN(CCCN=[N+]=[N-])/N=N/N(C)CCCP(=O)(c1ccccc1)c1ccccc1. The van der Waals surface area contributed by atoms with Crippen LogP contribution in [-0.4, -0.2) is 49.9 Å². The van der Waals surface area contributed by atoms with E-state index in [1.165, 1.54) is 0 Å². The first-order valence-corrected chi connectivity index (χ1v) is 11.5. The summed E-state index contributed by atoms with van der Waals surface area (Å²) in [6, 6.07) is 19.4. The normalized spacial score (nSPS) is 11.2. The Balaban J connectivity index is 1.92. The lowest BCUT2D eigenvalue weighted by Crippen LogP contribution is -2.21. The number of hydrogen-bond donors (Lipinski definition) is 0. The lowest BCUT2D eigenvalue weighted by molar-refractivity contribution is 0.248. The second kappa shape index (κ2) is 11.9. The summed E-state index contributed by atoms with van der Waals surface area (Å²) in [5.74, 6) is 0. The van der Waals surface area contributed by atoms with Crippen LogP contribution in [0.4, 0.5) is 0 Å². The molecule has 0 atom stereocenters. The van der Waals surface area contributed by atoms with E-state index in [2.05, 4.69) is 20.5 Å². The Bertz CT molecular complexity index is 810. The third-order valence-electron chi connectivity index (χ3n) is 4.45. The molecule has 154 valence electrons. The molecule has 0 unspecified atom stereocenters. The van der Waals surface area contributed by atoms with E-state index in [1.807, 2.05) is 74.8 Å². The van der Waals surface area contributed by atoms with Crippen molar-refractivity contribution >= 4 is 17.8 Å². The quantitative estimate of drug-likeness (QED) is 0.130. The second-order valence-electron chi connectivity index (χ2n) is 6.74. The fourth-order valence-corrected chi connectivity index (χ4v) is 5.62. The summed E-state index contributed by atoms with van der Waals surface area (Å²) in [6.07, 6.45) is 2.03. The van der Waals surface area contributed by atoms with Gasteiger partial charge in [0.25, 0.3) is 0 Å². The van der Waals surface area contributed by atoms with Gasteiger partial charge >= 0.3 is 0 Å². The van der Waals surface area contributed by atoms with Crippen LogP contribution >= 0.6 is 7.14 Å². The van der Waals surface area contributed by atoms with Gasteiger partial charge in [-0.05, 0) is 18.4 Å². The van der Waals surface area contributed by atoms with Crippen LogP contribution in [0.1, 0.15) is 12.8 Å². The van der Waals surface area contributed by atoms with Crippen molar-refractivity contribution in [2.45, 2.75) is 12.8 Å². The molecule has 2 rings (SSSR count). The van der Waals surface area contributed by atoms with Crippen molar-refractivity contribution in [2.75, 3.05) is 39.9 Å². The Labute approximate surface area is 172 Å². The van der Waals surface area contributed by atoms with Gasteiger partial charge in [0, 0.05) is 55.4 Å². The van der Waals surface area contributed by atoms with Gasteiger partial charge in [-0.1, -0.05) is 76.2 Å². The zero-order chi connectivity index (χ0) is 21.0. The Morgan fingerprint density at radius 1 is 0.862 bits per heavy atom. The number of nitrogens with zero attached hydrogens (tertiary/aromatic N) is 7. The zero-order valence-corrected chi connectivity index (χ0v) is 17.9. The Morgan fingerprint density at radius 3 is 1.83 bits per heavy atom. The summed E-state index contributed by atoms with van der Waals surface area (Å²) in [7, 11) is 0.991.